The smallest absolute Gasteiger partial charge is 0.316 e. The molecule has 2 atom stereocenters. The van der Waals surface area contributed by atoms with Crippen LogP contribution in [0.15, 0.2) is 52.1 Å². The second-order valence-corrected chi connectivity index (χ2v) is 10.7. The lowest BCUT2D eigenvalue weighted by atomic mass is 10.0. The van der Waals surface area contributed by atoms with Crippen LogP contribution in [0.2, 0.25) is 5.02 Å². The summed E-state index contributed by atoms with van der Waals surface area (Å²) in [5, 5.41) is 12.0. The van der Waals surface area contributed by atoms with Crippen LogP contribution in [0.4, 0.5) is 4.39 Å². The second kappa shape index (κ2) is 15.5. The van der Waals surface area contributed by atoms with E-state index in [9.17, 15) is 8.96 Å². The Kier molecular flexibility index (Phi) is 12.4. The molecule has 0 radical (unpaired) electrons. The monoisotopic (exact) mass is 555 g/mol. The lowest BCUT2D eigenvalue weighted by Gasteiger charge is -2.16. The maximum atomic E-state index is 14.8. The topological polar surface area (TPSA) is 97.5 Å². The first kappa shape index (κ1) is 28.8. The molecular weight excluding hydrogens is 524 g/mol. The van der Waals surface area contributed by atoms with Crippen LogP contribution in [0, 0.1) is 5.82 Å². The van der Waals surface area contributed by atoms with Crippen molar-refractivity contribution in [3.05, 3.63) is 64.4 Å². The molecule has 0 bridgehead atoms. The normalized spacial score (nSPS) is 13.1. The summed E-state index contributed by atoms with van der Waals surface area (Å²) in [6.07, 6.45) is 5.77. The Bertz CT molecular complexity index is 1100. The Labute approximate surface area is 221 Å². The molecule has 0 aliphatic rings. The molecule has 0 amide bonds. The molecule has 3 rings (SSSR count). The highest BCUT2D eigenvalue weighted by atomic mass is 35.5. The summed E-state index contributed by atoms with van der Waals surface area (Å²) in [5.41, 5.74) is 2.43. The van der Waals surface area contributed by atoms with Crippen LogP contribution in [-0.2, 0) is 15.6 Å². The van der Waals surface area contributed by atoms with Gasteiger partial charge in [0.25, 0.3) is 5.22 Å². The third-order valence-electron chi connectivity index (χ3n) is 5.55. The van der Waals surface area contributed by atoms with Crippen LogP contribution >= 0.6 is 31.6 Å². The maximum Gasteiger partial charge on any atom is 0.316 e. The molecule has 36 heavy (non-hydrogen) atoms. The number of rotatable bonds is 16. The summed E-state index contributed by atoms with van der Waals surface area (Å²) in [6, 6.07) is 12.9. The summed E-state index contributed by atoms with van der Waals surface area (Å²) < 4.78 is 35.9. The number of nitrogens with one attached hydrogen (secondary N) is 1. The van der Waals surface area contributed by atoms with Gasteiger partial charge in [0.2, 0.25) is 5.89 Å². The quantitative estimate of drug-likeness (QED) is 0.109. The number of nitrogens with zero attached hydrogens (tertiary/aromatic N) is 2. The predicted octanol–water partition coefficient (Wildman–Crippen LogP) is 7.21. The van der Waals surface area contributed by atoms with E-state index in [-0.39, 0.29) is 16.9 Å². The molecule has 0 saturated carbocycles. The summed E-state index contributed by atoms with van der Waals surface area (Å²) in [5.74, 6) is 0.0117. The van der Waals surface area contributed by atoms with Crippen molar-refractivity contribution >= 4 is 31.6 Å². The SMILES string of the molecule is CCCCCCC(Sc1nnc(-c2ccc(CNCCCO[PH](=O)O)cc2)o1)c1cccc(Cl)c1F. The fraction of sp³-hybridized carbons (Fsp3) is 0.440. The van der Waals surface area contributed by atoms with Crippen LogP contribution in [0.1, 0.15) is 61.8 Å². The fourth-order valence-electron chi connectivity index (χ4n) is 3.65. The van der Waals surface area contributed by atoms with Crippen LogP contribution in [0.25, 0.3) is 11.5 Å². The van der Waals surface area contributed by atoms with Gasteiger partial charge in [0.1, 0.15) is 5.82 Å². The van der Waals surface area contributed by atoms with Gasteiger partial charge in [-0.1, -0.05) is 80.2 Å². The van der Waals surface area contributed by atoms with Gasteiger partial charge in [-0.3, -0.25) is 4.57 Å². The van der Waals surface area contributed by atoms with E-state index in [1.165, 1.54) is 11.8 Å². The number of thioether (sulfide) groups is 1. The van der Waals surface area contributed by atoms with Crippen molar-refractivity contribution in [2.24, 2.45) is 0 Å². The van der Waals surface area contributed by atoms with Gasteiger partial charge >= 0.3 is 8.25 Å². The van der Waals surface area contributed by atoms with Gasteiger partial charge in [0, 0.05) is 22.9 Å². The first-order chi connectivity index (χ1) is 17.5. The van der Waals surface area contributed by atoms with E-state index in [1.807, 2.05) is 24.3 Å². The molecule has 196 valence electrons. The summed E-state index contributed by atoms with van der Waals surface area (Å²) >= 11 is 7.41. The van der Waals surface area contributed by atoms with Crippen molar-refractivity contribution in [3.8, 4) is 11.5 Å². The van der Waals surface area contributed by atoms with Gasteiger partial charge in [-0.15, -0.1) is 10.2 Å². The Morgan fingerprint density at radius 1 is 1.17 bits per heavy atom. The van der Waals surface area contributed by atoms with Crippen molar-refractivity contribution < 1.29 is 22.8 Å². The zero-order chi connectivity index (χ0) is 25.8. The van der Waals surface area contributed by atoms with E-state index in [0.717, 1.165) is 43.2 Å². The number of halogens is 2. The summed E-state index contributed by atoms with van der Waals surface area (Å²) in [4.78, 5) is 8.64. The van der Waals surface area contributed by atoms with Crippen molar-refractivity contribution in [1.29, 1.82) is 0 Å². The van der Waals surface area contributed by atoms with E-state index in [2.05, 4.69) is 27.0 Å². The van der Waals surface area contributed by atoms with Gasteiger partial charge in [0.05, 0.1) is 11.6 Å². The number of hydrogen-bond acceptors (Lipinski definition) is 7. The third kappa shape index (κ3) is 9.29. The summed E-state index contributed by atoms with van der Waals surface area (Å²) in [6.45, 7) is 3.74. The molecule has 1 heterocycles. The maximum absolute atomic E-state index is 14.8. The molecule has 0 aliphatic carbocycles. The van der Waals surface area contributed by atoms with Crippen molar-refractivity contribution in [3.63, 3.8) is 0 Å². The predicted molar refractivity (Wildman–Crippen MR) is 142 cm³/mol. The number of hydrogen-bond donors (Lipinski definition) is 2. The molecule has 0 saturated heterocycles. The minimum absolute atomic E-state index is 0.114. The zero-order valence-electron chi connectivity index (χ0n) is 20.2. The molecule has 2 N–H and O–H groups in total. The number of aromatic nitrogens is 2. The van der Waals surface area contributed by atoms with Crippen LogP contribution < -0.4 is 5.32 Å². The van der Waals surface area contributed by atoms with Gasteiger partial charge in [0.15, 0.2) is 0 Å². The molecule has 0 fully saturated rings. The molecule has 11 heteroatoms. The Hall–Kier alpha value is -1.74. The molecule has 1 aromatic heterocycles. The first-order valence-electron chi connectivity index (χ1n) is 12.1. The van der Waals surface area contributed by atoms with E-state index >= 15 is 0 Å². The molecule has 0 spiro atoms. The fourth-order valence-corrected chi connectivity index (χ4v) is 5.21. The highest BCUT2D eigenvalue weighted by Gasteiger charge is 2.22. The molecule has 2 aromatic carbocycles. The molecule has 0 aliphatic heterocycles. The number of unbranched alkanes of at least 4 members (excludes halogenated alkanes) is 3. The Morgan fingerprint density at radius 3 is 2.72 bits per heavy atom. The van der Waals surface area contributed by atoms with Gasteiger partial charge in [-0.05, 0) is 43.1 Å². The van der Waals surface area contributed by atoms with Crippen molar-refractivity contribution in [2.75, 3.05) is 13.2 Å². The highest BCUT2D eigenvalue weighted by molar-refractivity contribution is 7.99. The van der Waals surface area contributed by atoms with Gasteiger partial charge in [-0.2, -0.15) is 0 Å². The van der Waals surface area contributed by atoms with E-state index in [0.29, 0.717) is 36.2 Å². The number of benzene rings is 2. The van der Waals surface area contributed by atoms with Crippen molar-refractivity contribution in [2.45, 2.75) is 62.5 Å². The lowest BCUT2D eigenvalue weighted by Crippen LogP contribution is -2.15. The average molecular weight is 556 g/mol. The van der Waals surface area contributed by atoms with Gasteiger partial charge in [-0.25, -0.2) is 4.39 Å². The lowest BCUT2D eigenvalue weighted by molar-refractivity contribution is 0.276. The van der Waals surface area contributed by atoms with Crippen LogP contribution in [0.5, 0.6) is 0 Å². The van der Waals surface area contributed by atoms with Crippen LogP contribution in [0.3, 0.4) is 0 Å². The minimum Gasteiger partial charge on any atom is -0.411 e. The van der Waals surface area contributed by atoms with E-state index in [1.54, 1.807) is 18.2 Å². The van der Waals surface area contributed by atoms with E-state index < -0.39 is 14.1 Å². The average Bonchev–Trinajstić information content (AvgIpc) is 3.34. The van der Waals surface area contributed by atoms with Gasteiger partial charge < -0.3 is 19.2 Å². The molecular formula is C25H32ClFN3O4PS. The Morgan fingerprint density at radius 2 is 1.97 bits per heavy atom. The molecule has 2 unspecified atom stereocenters. The highest BCUT2D eigenvalue weighted by Crippen LogP contribution is 2.41. The molecule has 7 nitrogen and oxygen atoms in total. The standard InChI is InChI=1S/C25H32ClFN3O4PS/c1-2-3-4-5-10-22(20-8-6-9-21(26)23(20)27)36-25-30-29-24(34-25)19-13-11-18(12-14-19)17-28-15-7-16-33-35(31)32/h6,8-9,11-14,22,28,35H,2-5,7,10,15-17H2,1H3,(H,31,32). The third-order valence-corrected chi connectivity index (χ3v) is 7.43. The Balaban J connectivity index is 1.59. The molecule has 3 aromatic rings. The van der Waals surface area contributed by atoms with E-state index in [4.69, 9.17) is 20.9 Å². The minimum atomic E-state index is -2.85. The summed E-state index contributed by atoms with van der Waals surface area (Å²) in [7, 11) is -2.85. The first-order valence-corrected chi connectivity index (χ1v) is 14.6. The van der Waals surface area contributed by atoms with Crippen molar-refractivity contribution in [1.82, 2.24) is 15.5 Å². The second-order valence-electron chi connectivity index (χ2n) is 8.31. The van der Waals surface area contributed by atoms with Crippen LogP contribution in [-0.4, -0.2) is 28.2 Å². The largest absolute Gasteiger partial charge is 0.411 e. The zero-order valence-corrected chi connectivity index (χ0v) is 22.8.